The van der Waals surface area contributed by atoms with E-state index in [2.05, 4.69) is 11.3 Å². The van der Waals surface area contributed by atoms with E-state index in [1.54, 1.807) is 25.2 Å². The monoisotopic (exact) mass is 194 g/mol. The number of rotatable bonds is 3. The van der Waals surface area contributed by atoms with Crippen LogP contribution in [0.4, 0.5) is 0 Å². The minimum atomic E-state index is -0.691. The topological polar surface area (TPSA) is 43.4 Å². The van der Waals surface area contributed by atoms with E-state index in [9.17, 15) is 9.59 Å². The quantitative estimate of drug-likeness (QED) is 0.299. The second kappa shape index (κ2) is 5.91. The van der Waals surface area contributed by atoms with Crippen molar-refractivity contribution in [1.82, 2.24) is 0 Å². The van der Waals surface area contributed by atoms with Crippen molar-refractivity contribution < 1.29 is 14.3 Å². The third kappa shape index (κ3) is 4.40. The molecule has 0 fully saturated rings. The molecule has 0 aliphatic rings. The van der Waals surface area contributed by atoms with Crippen LogP contribution in [0.15, 0.2) is 36.0 Å². The number of hydrogen-bond donors (Lipinski definition) is 0. The molecule has 0 aliphatic carbocycles. The van der Waals surface area contributed by atoms with Crippen molar-refractivity contribution in [1.29, 1.82) is 0 Å². The van der Waals surface area contributed by atoms with Crippen LogP contribution in [0.5, 0.6) is 0 Å². The van der Waals surface area contributed by atoms with Gasteiger partial charge in [-0.2, -0.15) is 0 Å². The molecule has 0 bridgehead atoms. The number of allylic oxidation sites excluding steroid dienone is 3. The Bertz CT molecular complexity index is 308. The third-order valence-electron chi connectivity index (χ3n) is 1.39. The van der Waals surface area contributed by atoms with Crippen LogP contribution < -0.4 is 0 Å². The Morgan fingerprint density at radius 1 is 1.21 bits per heavy atom. The molecule has 0 radical (unpaired) electrons. The van der Waals surface area contributed by atoms with E-state index in [-0.39, 0.29) is 5.57 Å². The maximum atomic E-state index is 11.2. The number of hydrogen-bond acceptors (Lipinski definition) is 3. The van der Waals surface area contributed by atoms with E-state index in [1.807, 2.05) is 6.92 Å². The molecule has 0 heterocycles. The van der Waals surface area contributed by atoms with Gasteiger partial charge in [0.1, 0.15) is 0 Å². The van der Waals surface area contributed by atoms with Crippen LogP contribution in [-0.2, 0) is 14.3 Å². The van der Waals surface area contributed by atoms with E-state index in [4.69, 9.17) is 0 Å². The zero-order valence-corrected chi connectivity index (χ0v) is 8.66. The van der Waals surface area contributed by atoms with Gasteiger partial charge in [0.2, 0.25) is 0 Å². The smallest absolute Gasteiger partial charge is 0.341 e. The first kappa shape index (κ1) is 12.4. The summed E-state index contributed by atoms with van der Waals surface area (Å²) in [6, 6.07) is 0. The maximum Gasteiger partial charge on any atom is 0.341 e. The Morgan fingerprint density at radius 2 is 1.79 bits per heavy atom. The standard InChI is InChI=1S/C11H14O3/c1-5-6-7-9(4)11(13)14-10(12)8(2)3/h5-7H,2H2,1,3-4H3. The Balaban J connectivity index is 4.36. The number of esters is 2. The average Bonchev–Trinajstić information content (AvgIpc) is 2.13. The summed E-state index contributed by atoms with van der Waals surface area (Å²) in [6.07, 6.45) is 5.05. The molecule has 3 nitrogen and oxygen atoms in total. The van der Waals surface area contributed by atoms with E-state index in [1.165, 1.54) is 6.92 Å². The van der Waals surface area contributed by atoms with Gasteiger partial charge in [0.05, 0.1) is 0 Å². The predicted octanol–water partition coefficient (Wildman–Crippen LogP) is 2.15. The lowest BCUT2D eigenvalue weighted by Gasteiger charge is -2.01. The number of carbonyl (C=O) groups excluding carboxylic acids is 2. The predicted molar refractivity (Wildman–Crippen MR) is 54.5 cm³/mol. The molecule has 0 saturated carbocycles. The first-order chi connectivity index (χ1) is 6.49. The minimum absolute atomic E-state index is 0.206. The highest BCUT2D eigenvalue weighted by Gasteiger charge is 2.11. The van der Waals surface area contributed by atoms with Crippen LogP contribution in [0.25, 0.3) is 0 Å². The maximum absolute atomic E-state index is 11.2. The van der Waals surface area contributed by atoms with Gasteiger partial charge in [-0.3, -0.25) is 0 Å². The van der Waals surface area contributed by atoms with Crippen LogP contribution in [0.3, 0.4) is 0 Å². The van der Waals surface area contributed by atoms with Crippen molar-refractivity contribution in [3.05, 3.63) is 36.0 Å². The fraction of sp³-hybridized carbons (Fsp3) is 0.273. The summed E-state index contributed by atoms with van der Waals surface area (Å²) >= 11 is 0. The van der Waals surface area contributed by atoms with Crippen LogP contribution in [0, 0.1) is 0 Å². The van der Waals surface area contributed by atoms with E-state index in [0.29, 0.717) is 5.57 Å². The molecule has 0 aromatic carbocycles. The summed E-state index contributed by atoms with van der Waals surface area (Å²) in [6.45, 7) is 8.26. The van der Waals surface area contributed by atoms with E-state index < -0.39 is 11.9 Å². The normalized spacial score (nSPS) is 11.5. The van der Waals surface area contributed by atoms with Crippen molar-refractivity contribution in [3.8, 4) is 0 Å². The molecule has 0 spiro atoms. The lowest BCUT2D eigenvalue weighted by Crippen LogP contribution is -2.13. The van der Waals surface area contributed by atoms with E-state index in [0.717, 1.165) is 0 Å². The molecule has 0 rings (SSSR count). The lowest BCUT2D eigenvalue weighted by molar-refractivity contribution is -0.153. The molecule has 0 aliphatic heterocycles. The minimum Gasteiger partial charge on any atom is -0.386 e. The number of carbonyl (C=O) groups is 2. The molecule has 76 valence electrons. The Morgan fingerprint density at radius 3 is 2.21 bits per heavy atom. The highest BCUT2D eigenvalue weighted by atomic mass is 16.6. The highest BCUT2D eigenvalue weighted by molar-refractivity contribution is 6.01. The summed E-state index contributed by atoms with van der Waals surface area (Å²) in [5.41, 5.74) is 0.579. The summed E-state index contributed by atoms with van der Waals surface area (Å²) in [4.78, 5) is 22.1. The van der Waals surface area contributed by atoms with Crippen molar-refractivity contribution >= 4 is 11.9 Å². The first-order valence-electron chi connectivity index (χ1n) is 4.20. The first-order valence-corrected chi connectivity index (χ1v) is 4.20. The van der Waals surface area contributed by atoms with Crippen LogP contribution >= 0.6 is 0 Å². The van der Waals surface area contributed by atoms with Gasteiger partial charge < -0.3 is 4.74 Å². The Labute approximate surface area is 83.8 Å². The Hall–Kier alpha value is -1.64. The molecule has 0 unspecified atom stereocenters. The molecule has 14 heavy (non-hydrogen) atoms. The summed E-state index contributed by atoms with van der Waals surface area (Å²) in [5, 5.41) is 0. The van der Waals surface area contributed by atoms with E-state index >= 15 is 0 Å². The molecular formula is C11H14O3. The fourth-order valence-electron chi connectivity index (χ4n) is 0.560. The number of ether oxygens (including phenoxy) is 1. The zero-order chi connectivity index (χ0) is 11.1. The van der Waals surface area contributed by atoms with Crippen molar-refractivity contribution in [2.24, 2.45) is 0 Å². The van der Waals surface area contributed by atoms with Gasteiger partial charge in [-0.1, -0.05) is 24.8 Å². The molecule has 0 atom stereocenters. The SMILES string of the molecule is C=C(C)C(=O)OC(=O)C(C)=CC=CC. The molecular weight excluding hydrogens is 180 g/mol. The van der Waals surface area contributed by atoms with Gasteiger partial charge in [0, 0.05) is 11.1 Å². The molecule has 0 N–H and O–H groups in total. The van der Waals surface area contributed by atoms with Gasteiger partial charge in [0.25, 0.3) is 0 Å². The summed E-state index contributed by atoms with van der Waals surface area (Å²) in [5.74, 6) is -1.33. The molecule has 0 saturated heterocycles. The molecule has 0 aromatic rings. The summed E-state index contributed by atoms with van der Waals surface area (Å²) < 4.78 is 4.49. The average molecular weight is 194 g/mol. The second-order valence-electron chi connectivity index (χ2n) is 2.83. The lowest BCUT2D eigenvalue weighted by atomic mass is 10.3. The van der Waals surface area contributed by atoms with Crippen LogP contribution in [0.1, 0.15) is 20.8 Å². The fourth-order valence-corrected chi connectivity index (χ4v) is 0.560. The van der Waals surface area contributed by atoms with Gasteiger partial charge in [-0.15, -0.1) is 0 Å². The Kier molecular flexibility index (Phi) is 5.22. The van der Waals surface area contributed by atoms with Gasteiger partial charge >= 0.3 is 11.9 Å². The van der Waals surface area contributed by atoms with Gasteiger partial charge in [-0.05, 0) is 20.8 Å². The van der Waals surface area contributed by atoms with Gasteiger partial charge in [0.15, 0.2) is 0 Å². The zero-order valence-electron chi connectivity index (χ0n) is 8.66. The van der Waals surface area contributed by atoms with Crippen molar-refractivity contribution in [2.45, 2.75) is 20.8 Å². The van der Waals surface area contributed by atoms with Gasteiger partial charge in [-0.25, -0.2) is 9.59 Å². The molecule has 3 heteroatoms. The third-order valence-corrected chi connectivity index (χ3v) is 1.39. The largest absolute Gasteiger partial charge is 0.386 e. The van der Waals surface area contributed by atoms with Crippen molar-refractivity contribution in [3.63, 3.8) is 0 Å². The summed E-state index contributed by atoms with van der Waals surface area (Å²) in [7, 11) is 0. The highest BCUT2D eigenvalue weighted by Crippen LogP contribution is 2.00. The van der Waals surface area contributed by atoms with Crippen LogP contribution in [-0.4, -0.2) is 11.9 Å². The molecule has 0 amide bonds. The van der Waals surface area contributed by atoms with Crippen molar-refractivity contribution in [2.75, 3.05) is 0 Å². The van der Waals surface area contributed by atoms with Crippen LogP contribution in [0.2, 0.25) is 0 Å². The molecule has 0 aromatic heterocycles. The second-order valence-corrected chi connectivity index (χ2v) is 2.83.